The standard InChI is InChI=1S/C21H23N3O2/c25-20-17-10-6-11-19(18(17)14-22-20)23-21(26)24-12-5-4-9-16(24)13-15-7-2-1-3-8-15/h1-3,6-8,10-11,16H,4-5,9,12-14H2,(H,22,25)(H,23,26). The largest absolute Gasteiger partial charge is 0.348 e. The molecule has 3 amide bonds. The number of benzene rings is 2. The molecule has 0 aliphatic carbocycles. The zero-order valence-electron chi connectivity index (χ0n) is 14.7. The van der Waals surface area contributed by atoms with Crippen molar-refractivity contribution in [3.8, 4) is 0 Å². The SMILES string of the molecule is O=C1NCc2c(NC(=O)N3CCCCC3Cc3ccccc3)cccc21. The number of piperidine rings is 1. The molecule has 0 radical (unpaired) electrons. The van der Waals surface area contributed by atoms with E-state index in [1.165, 1.54) is 5.56 Å². The van der Waals surface area contributed by atoms with Gasteiger partial charge in [0.15, 0.2) is 0 Å². The van der Waals surface area contributed by atoms with Gasteiger partial charge < -0.3 is 15.5 Å². The van der Waals surface area contributed by atoms with Crippen LogP contribution in [0.5, 0.6) is 0 Å². The van der Waals surface area contributed by atoms with Gasteiger partial charge in [0, 0.05) is 35.9 Å². The predicted octanol–water partition coefficient (Wildman–Crippen LogP) is 3.56. The van der Waals surface area contributed by atoms with Crippen molar-refractivity contribution in [1.29, 1.82) is 0 Å². The molecule has 0 bridgehead atoms. The van der Waals surface area contributed by atoms with E-state index in [9.17, 15) is 9.59 Å². The van der Waals surface area contributed by atoms with Crippen LogP contribution in [0.4, 0.5) is 10.5 Å². The van der Waals surface area contributed by atoms with Crippen molar-refractivity contribution in [2.75, 3.05) is 11.9 Å². The lowest BCUT2D eigenvalue weighted by Crippen LogP contribution is -2.47. The molecule has 5 heteroatoms. The maximum atomic E-state index is 13.0. The van der Waals surface area contributed by atoms with Gasteiger partial charge in [0.25, 0.3) is 5.91 Å². The third-order valence-corrected chi connectivity index (χ3v) is 5.29. The number of likely N-dealkylation sites (tertiary alicyclic amines) is 1. The van der Waals surface area contributed by atoms with Crippen molar-refractivity contribution in [3.05, 3.63) is 65.2 Å². The molecule has 0 saturated carbocycles. The third kappa shape index (κ3) is 3.29. The maximum Gasteiger partial charge on any atom is 0.322 e. The van der Waals surface area contributed by atoms with Crippen molar-refractivity contribution in [2.24, 2.45) is 0 Å². The molecule has 134 valence electrons. The van der Waals surface area contributed by atoms with Crippen LogP contribution in [0.3, 0.4) is 0 Å². The lowest BCUT2D eigenvalue weighted by atomic mass is 9.96. The highest BCUT2D eigenvalue weighted by Gasteiger charge is 2.28. The van der Waals surface area contributed by atoms with E-state index in [1.807, 2.05) is 35.2 Å². The van der Waals surface area contributed by atoms with Gasteiger partial charge in [0.05, 0.1) is 0 Å². The number of amides is 3. The second-order valence-corrected chi connectivity index (χ2v) is 6.98. The average molecular weight is 349 g/mol. The zero-order chi connectivity index (χ0) is 17.9. The van der Waals surface area contributed by atoms with Gasteiger partial charge in [-0.15, -0.1) is 0 Å². The van der Waals surface area contributed by atoms with Crippen LogP contribution in [0.15, 0.2) is 48.5 Å². The van der Waals surface area contributed by atoms with Crippen LogP contribution >= 0.6 is 0 Å². The van der Waals surface area contributed by atoms with E-state index in [-0.39, 0.29) is 18.0 Å². The smallest absolute Gasteiger partial charge is 0.322 e. The molecule has 0 aromatic heterocycles. The summed E-state index contributed by atoms with van der Waals surface area (Å²) in [5, 5.41) is 5.86. The Morgan fingerprint density at radius 1 is 1.12 bits per heavy atom. The number of rotatable bonds is 3. The first-order valence-electron chi connectivity index (χ1n) is 9.24. The summed E-state index contributed by atoms with van der Waals surface area (Å²) in [7, 11) is 0. The predicted molar refractivity (Wildman–Crippen MR) is 101 cm³/mol. The fourth-order valence-electron chi connectivity index (χ4n) is 3.92. The molecule has 2 aromatic carbocycles. The van der Waals surface area contributed by atoms with E-state index in [4.69, 9.17) is 0 Å². The number of carbonyl (C=O) groups is 2. The monoisotopic (exact) mass is 349 g/mol. The van der Waals surface area contributed by atoms with Crippen LogP contribution in [0, 0.1) is 0 Å². The number of nitrogens with one attached hydrogen (secondary N) is 2. The van der Waals surface area contributed by atoms with Crippen molar-refractivity contribution < 1.29 is 9.59 Å². The number of fused-ring (bicyclic) bond motifs is 1. The van der Waals surface area contributed by atoms with Gasteiger partial charge in [-0.3, -0.25) is 4.79 Å². The van der Waals surface area contributed by atoms with Crippen molar-refractivity contribution >= 4 is 17.6 Å². The van der Waals surface area contributed by atoms with Gasteiger partial charge in [-0.2, -0.15) is 0 Å². The van der Waals surface area contributed by atoms with E-state index < -0.39 is 0 Å². The highest BCUT2D eigenvalue weighted by molar-refractivity contribution is 6.01. The normalized spacial score (nSPS) is 19.0. The summed E-state index contributed by atoms with van der Waals surface area (Å²) in [6, 6.07) is 16.0. The van der Waals surface area contributed by atoms with Crippen molar-refractivity contribution in [2.45, 2.75) is 38.3 Å². The number of urea groups is 1. The fourth-order valence-corrected chi connectivity index (χ4v) is 3.92. The van der Waals surface area contributed by atoms with Gasteiger partial charge in [0.1, 0.15) is 0 Å². The summed E-state index contributed by atoms with van der Waals surface area (Å²) >= 11 is 0. The van der Waals surface area contributed by atoms with Crippen LogP contribution < -0.4 is 10.6 Å². The summed E-state index contributed by atoms with van der Waals surface area (Å²) in [5.41, 5.74) is 3.52. The van der Waals surface area contributed by atoms with E-state index in [0.717, 1.165) is 43.5 Å². The highest BCUT2D eigenvalue weighted by atomic mass is 16.2. The minimum absolute atomic E-state index is 0.0709. The second kappa shape index (κ2) is 7.20. The Hall–Kier alpha value is -2.82. The van der Waals surface area contributed by atoms with Gasteiger partial charge in [0.2, 0.25) is 0 Å². The molecule has 1 saturated heterocycles. The third-order valence-electron chi connectivity index (χ3n) is 5.29. The first-order valence-corrected chi connectivity index (χ1v) is 9.24. The molecular formula is C21H23N3O2. The molecule has 2 N–H and O–H groups in total. The summed E-state index contributed by atoms with van der Waals surface area (Å²) in [5.74, 6) is -0.0731. The van der Waals surface area contributed by atoms with Gasteiger partial charge in [-0.25, -0.2) is 4.79 Å². The molecule has 0 spiro atoms. The van der Waals surface area contributed by atoms with E-state index in [1.54, 1.807) is 6.07 Å². The molecule has 1 unspecified atom stereocenters. The van der Waals surface area contributed by atoms with Crippen molar-refractivity contribution in [1.82, 2.24) is 10.2 Å². The first-order chi connectivity index (χ1) is 12.7. The summed E-state index contributed by atoms with van der Waals surface area (Å²) in [4.78, 5) is 26.7. The summed E-state index contributed by atoms with van der Waals surface area (Å²) in [6.45, 7) is 1.24. The molecule has 26 heavy (non-hydrogen) atoms. The average Bonchev–Trinajstić information content (AvgIpc) is 3.05. The number of carbonyl (C=O) groups excluding carboxylic acids is 2. The highest BCUT2D eigenvalue weighted by Crippen LogP contribution is 2.26. The minimum atomic E-state index is -0.0731. The Morgan fingerprint density at radius 3 is 2.81 bits per heavy atom. The minimum Gasteiger partial charge on any atom is -0.348 e. The molecule has 2 aliphatic heterocycles. The molecule has 1 atom stereocenters. The quantitative estimate of drug-likeness (QED) is 0.890. The lowest BCUT2D eigenvalue weighted by Gasteiger charge is -2.36. The van der Waals surface area contributed by atoms with Gasteiger partial charge in [-0.05, 0) is 43.4 Å². The number of nitrogens with zero attached hydrogens (tertiary/aromatic N) is 1. The first kappa shape index (κ1) is 16.6. The Balaban J connectivity index is 1.50. The van der Waals surface area contributed by atoms with Crippen LogP contribution in [-0.2, 0) is 13.0 Å². The zero-order valence-corrected chi connectivity index (χ0v) is 14.7. The molecule has 4 rings (SSSR count). The molecule has 1 fully saturated rings. The second-order valence-electron chi connectivity index (χ2n) is 6.98. The number of hydrogen-bond acceptors (Lipinski definition) is 2. The molecular weight excluding hydrogens is 326 g/mol. The van der Waals surface area contributed by atoms with Crippen molar-refractivity contribution in [3.63, 3.8) is 0 Å². The Kier molecular flexibility index (Phi) is 4.61. The summed E-state index contributed by atoms with van der Waals surface area (Å²) in [6.07, 6.45) is 4.09. The maximum absolute atomic E-state index is 13.0. The van der Waals surface area contributed by atoms with Crippen LogP contribution in [0.2, 0.25) is 0 Å². The molecule has 2 aliphatic rings. The Morgan fingerprint density at radius 2 is 1.96 bits per heavy atom. The number of hydrogen-bond donors (Lipinski definition) is 2. The Bertz CT molecular complexity index is 819. The van der Waals surface area contributed by atoms with E-state index in [0.29, 0.717) is 12.1 Å². The topological polar surface area (TPSA) is 61.4 Å². The van der Waals surface area contributed by atoms with E-state index >= 15 is 0 Å². The lowest BCUT2D eigenvalue weighted by molar-refractivity contribution is 0.0965. The fraction of sp³-hybridized carbons (Fsp3) is 0.333. The Labute approximate surface area is 153 Å². The molecule has 2 heterocycles. The number of anilines is 1. The van der Waals surface area contributed by atoms with Gasteiger partial charge >= 0.3 is 6.03 Å². The van der Waals surface area contributed by atoms with Crippen LogP contribution in [0.1, 0.15) is 40.7 Å². The van der Waals surface area contributed by atoms with Crippen LogP contribution in [0.25, 0.3) is 0 Å². The molecule has 2 aromatic rings. The summed E-state index contributed by atoms with van der Waals surface area (Å²) < 4.78 is 0. The molecule has 5 nitrogen and oxygen atoms in total. The van der Waals surface area contributed by atoms with E-state index in [2.05, 4.69) is 22.8 Å². The van der Waals surface area contributed by atoms with Gasteiger partial charge in [-0.1, -0.05) is 36.4 Å². The van der Waals surface area contributed by atoms with Crippen LogP contribution in [-0.4, -0.2) is 29.4 Å².